The van der Waals surface area contributed by atoms with E-state index in [9.17, 15) is 4.79 Å². The molecular formula is C13H23NO2. The summed E-state index contributed by atoms with van der Waals surface area (Å²) < 4.78 is 4.99. The summed E-state index contributed by atoms with van der Waals surface area (Å²) in [4.78, 5) is 10.9. The van der Waals surface area contributed by atoms with Gasteiger partial charge in [-0.15, -0.1) is 0 Å². The third-order valence-corrected chi connectivity index (χ3v) is 3.25. The molecular weight excluding hydrogens is 202 g/mol. The lowest BCUT2D eigenvalue weighted by Crippen LogP contribution is -2.29. The Morgan fingerprint density at radius 3 is 2.75 bits per heavy atom. The number of hydrogen-bond donors (Lipinski definition) is 1. The molecule has 0 heterocycles. The topological polar surface area (TPSA) is 52.3 Å². The lowest BCUT2D eigenvalue weighted by Gasteiger charge is -2.09. The van der Waals surface area contributed by atoms with E-state index in [2.05, 4.69) is 12.2 Å². The van der Waals surface area contributed by atoms with Gasteiger partial charge in [-0.25, -0.2) is 0 Å². The first-order valence-corrected chi connectivity index (χ1v) is 6.23. The molecule has 92 valence electrons. The van der Waals surface area contributed by atoms with E-state index < -0.39 is 6.10 Å². The predicted octanol–water partition coefficient (Wildman–Crippen LogP) is 2.40. The van der Waals surface area contributed by atoms with Gasteiger partial charge in [0.25, 0.3) is 0 Å². The van der Waals surface area contributed by atoms with E-state index in [1.807, 2.05) is 0 Å². The molecule has 0 radical (unpaired) electrons. The molecule has 0 aromatic rings. The molecule has 1 atom stereocenters. The molecule has 0 aromatic heterocycles. The molecule has 16 heavy (non-hydrogen) atoms. The molecule has 0 bridgehead atoms. The molecule has 0 aromatic carbocycles. The highest BCUT2D eigenvalue weighted by Crippen LogP contribution is 2.25. The van der Waals surface area contributed by atoms with Crippen LogP contribution in [0.3, 0.4) is 0 Å². The van der Waals surface area contributed by atoms with E-state index in [1.165, 1.54) is 32.8 Å². The number of methoxy groups -OCH3 is 1. The van der Waals surface area contributed by atoms with Gasteiger partial charge in [-0.3, -0.25) is 4.79 Å². The van der Waals surface area contributed by atoms with E-state index >= 15 is 0 Å². The van der Waals surface area contributed by atoms with Crippen LogP contribution < -0.4 is 5.73 Å². The first-order chi connectivity index (χ1) is 7.74. The standard InChI is InChI=1S/C13H23NO2/c1-16-12(13(14)15)10-4-2-3-7-11-8-5-6-9-11/h3,7,11-12H,2,4-6,8-10H2,1H3,(H2,14,15)/b7-3+. The van der Waals surface area contributed by atoms with Crippen LogP contribution in [0.2, 0.25) is 0 Å². The predicted molar refractivity (Wildman–Crippen MR) is 64.9 cm³/mol. The molecule has 3 nitrogen and oxygen atoms in total. The third-order valence-electron chi connectivity index (χ3n) is 3.25. The number of hydrogen-bond acceptors (Lipinski definition) is 2. The lowest BCUT2D eigenvalue weighted by atomic mass is 10.1. The second-order valence-electron chi connectivity index (χ2n) is 4.53. The van der Waals surface area contributed by atoms with E-state index in [1.54, 1.807) is 0 Å². The molecule has 1 amide bonds. The minimum Gasteiger partial charge on any atom is -0.372 e. The van der Waals surface area contributed by atoms with Crippen molar-refractivity contribution >= 4 is 5.91 Å². The van der Waals surface area contributed by atoms with Crippen molar-refractivity contribution < 1.29 is 9.53 Å². The van der Waals surface area contributed by atoms with E-state index in [0.29, 0.717) is 0 Å². The summed E-state index contributed by atoms with van der Waals surface area (Å²) in [6.07, 6.45) is 12.3. The van der Waals surface area contributed by atoms with Crippen molar-refractivity contribution in [3.63, 3.8) is 0 Å². The highest BCUT2D eigenvalue weighted by molar-refractivity contribution is 5.78. The molecule has 3 heteroatoms. The van der Waals surface area contributed by atoms with Crippen molar-refractivity contribution in [3.05, 3.63) is 12.2 Å². The zero-order chi connectivity index (χ0) is 11.8. The van der Waals surface area contributed by atoms with Gasteiger partial charge in [0.05, 0.1) is 0 Å². The maximum absolute atomic E-state index is 10.9. The maximum atomic E-state index is 10.9. The number of amides is 1. The summed E-state index contributed by atoms with van der Waals surface area (Å²) in [5.74, 6) is 0.441. The largest absolute Gasteiger partial charge is 0.372 e. The maximum Gasteiger partial charge on any atom is 0.246 e. The molecule has 1 fully saturated rings. The number of rotatable bonds is 7. The van der Waals surface area contributed by atoms with Gasteiger partial charge in [-0.2, -0.15) is 0 Å². The molecule has 1 unspecified atom stereocenters. The number of allylic oxidation sites excluding steroid dienone is 2. The van der Waals surface area contributed by atoms with Gasteiger partial charge in [-0.05, 0) is 38.0 Å². The SMILES string of the molecule is COC(CCC/C=C/C1CCCC1)C(N)=O. The quantitative estimate of drug-likeness (QED) is 0.534. The summed E-state index contributed by atoms with van der Waals surface area (Å²) in [6.45, 7) is 0. The van der Waals surface area contributed by atoms with Crippen LogP contribution in [0.5, 0.6) is 0 Å². The third kappa shape index (κ3) is 4.79. The minimum absolute atomic E-state index is 0.359. The summed E-state index contributed by atoms with van der Waals surface area (Å²) in [6, 6.07) is 0. The number of unbranched alkanes of at least 4 members (excludes halogenated alkanes) is 1. The number of carbonyl (C=O) groups excluding carboxylic acids is 1. The van der Waals surface area contributed by atoms with Crippen LogP contribution in [0, 0.1) is 5.92 Å². The van der Waals surface area contributed by atoms with Crippen LogP contribution in [0.4, 0.5) is 0 Å². The van der Waals surface area contributed by atoms with Crippen LogP contribution in [0.25, 0.3) is 0 Å². The molecule has 0 spiro atoms. The van der Waals surface area contributed by atoms with E-state index in [-0.39, 0.29) is 5.91 Å². The Labute approximate surface area is 98.0 Å². The van der Waals surface area contributed by atoms with Crippen molar-refractivity contribution in [1.82, 2.24) is 0 Å². The second kappa shape index (κ2) is 7.44. The normalized spacial score (nSPS) is 19.3. The summed E-state index contributed by atoms with van der Waals surface area (Å²) in [7, 11) is 1.53. The molecule has 0 saturated heterocycles. The molecule has 1 aliphatic carbocycles. The van der Waals surface area contributed by atoms with Gasteiger partial charge >= 0.3 is 0 Å². The summed E-state index contributed by atoms with van der Waals surface area (Å²) >= 11 is 0. The lowest BCUT2D eigenvalue weighted by molar-refractivity contribution is -0.128. The van der Waals surface area contributed by atoms with Gasteiger partial charge in [0.2, 0.25) is 5.91 Å². The van der Waals surface area contributed by atoms with E-state index in [4.69, 9.17) is 10.5 Å². The number of carbonyl (C=O) groups is 1. The van der Waals surface area contributed by atoms with Crippen molar-refractivity contribution in [2.75, 3.05) is 7.11 Å². The second-order valence-corrected chi connectivity index (χ2v) is 4.53. The van der Waals surface area contributed by atoms with Crippen LogP contribution in [0.15, 0.2) is 12.2 Å². The van der Waals surface area contributed by atoms with E-state index in [0.717, 1.165) is 25.2 Å². The van der Waals surface area contributed by atoms with Crippen molar-refractivity contribution in [2.24, 2.45) is 11.7 Å². The Bertz CT molecular complexity index is 232. The van der Waals surface area contributed by atoms with Crippen LogP contribution >= 0.6 is 0 Å². The number of nitrogens with two attached hydrogens (primary N) is 1. The Hall–Kier alpha value is -0.830. The molecule has 1 rings (SSSR count). The molecule has 1 saturated carbocycles. The first kappa shape index (κ1) is 13.2. The van der Waals surface area contributed by atoms with Crippen LogP contribution in [0.1, 0.15) is 44.9 Å². The zero-order valence-electron chi connectivity index (χ0n) is 10.2. The van der Waals surface area contributed by atoms with Gasteiger partial charge in [0, 0.05) is 7.11 Å². The average molecular weight is 225 g/mol. The van der Waals surface area contributed by atoms with Crippen molar-refractivity contribution in [3.8, 4) is 0 Å². The Morgan fingerprint density at radius 1 is 1.50 bits per heavy atom. The highest BCUT2D eigenvalue weighted by Gasteiger charge is 2.13. The molecule has 1 aliphatic rings. The fourth-order valence-electron chi connectivity index (χ4n) is 2.24. The Morgan fingerprint density at radius 2 is 2.19 bits per heavy atom. The van der Waals surface area contributed by atoms with Gasteiger partial charge in [0.1, 0.15) is 6.10 Å². The number of primary amides is 1. The van der Waals surface area contributed by atoms with Crippen molar-refractivity contribution in [1.29, 1.82) is 0 Å². The van der Waals surface area contributed by atoms with Crippen LogP contribution in [-0.4, -0.2) is 19.1 Å². The van der Waals surface area contributed by atoms with Gasteiger partial charge < -0.3 is 10.5 Å². The number of ether oxygens (including phenoxy) is 1. The van der Waals surface area contributed by atoms with Gasteiger partial charge in [0.15, 0.2) is 0 Å². The molecule has 0 aliphatic heterocycles. The smallest absolute Gasteiger partial charge is 0.246 e. The van der Waals surface area contributed by atoms with Crippen LogP contribution in [-0.2, 0) is 9.53 Å². The zero-order valence-corrected chi connectivity index (χ0v) is 10.2. The van der Waals surface area contributed by atoms with Crippen molar-refractivity contribution in [2.45, 2.75) is 51.0 Å². The Balaban J connectivity index is 2.08. The first-order valence-electron chi connectivity index (χ1n) is 6.23. The highest BCUT2D eigenvalue weighted by atomic mass is 16.5. The summed E-state index contributed by atoms with van der Waals surface area (Å²) in [5, 5.41) is 0. The Kier molecular flexibility index (Phi) is 6.16. The monoisotopic (exact) mass is 225 g/mol. The van der Waals surface area contributed by atoms with Gasteiger partial charge in [-0.1, -0.05) is 25.0 Å². The average Bonchev–Trinajstić information content (AvgIpc) is 2.75. The fraction of sp³-hybridized carbons (Fsp3) is 0.769. The fourth-order valence-corrected chi connectivity index (χ4v) is 2.24. The molecule has 2 N–H and O–H groups in total. The summed E-state index contributed by atoms with van der Waals surface area (Å²) in [5.41, 5.74) is 5.18. The minimum atomic E-state index is -0.417.